The summed E-state index contributed by atoms with van der Waals surface area (Å²) in [5, 5.41) is 0. The van der Waals surface area contributed by atoms with Crippen molar-refractivity contribution in [1.82, 2.24) is 0 Å². The van der Waals surface area contributed by atoms with Crippen LogP contribution < -0.4 is 4.74 Å². The number of carbonyl (C=O) groups is 1. The minimum atomic E-state index is -4.82. The van der Waals surface area contributed by atoms with E-state index in [0.717, 1.165) is 13.0 Å². The van der Waals surface area contributed by atoms with Gasteiger partial charge in [0.25, 0.3) is 0 Å². The summed E-state index contributed by atoms with van der Waals surface area (Å²) in [4.78, 5) is 10.9. The number of alkyl halides is 5. The van der Waals surface area contributed by atoms with Gasteiger partial charge in [-0.25, -0.2) is 0 Å². The standard InChI is InChI=1S/C10H7F5O2/c1-5(16)6-2-3-7(10(13,14)15)8(4-6)17-9(11)12/h2-4,9H,1H3. The molecule has 0 fully saturated rings. The molecule has 2 nitrogen and oxygen atoms in total. The van der Waals surface area contributed by atoms with Gasteiger partial charge in [-0.15, -0.1) is 0 Å². The highest BCUT2D eigenvalue weighted by molar-refractivity contribution is 5.94. The van der Waals surface area contributed by atoms with Gasteiger partial charge in [-0.2, -0.15) is 22.0 Å². The van der Waals surface area contributed by atoms with Gasteiger partial charge in [0.15, 0.2) is 5.78 Å². The smallest absolute Gasteiger partial charge is 0.419 e. The molecule has 0 aromatic heterocycles. The van der Waals surface area contributed by atoms with E-state index in [-0.39, 0.29) is 5.56 Å². The zero-order valence-corrected chi connectivity index (χ0v) is 8.52. The van der Waals surface area contributed by atoms with Gasteiger partial charge in [-0.3, -0.25) is 4.79 Å². The van der Waals surface area contributed by atoms with Gasteiger partial charge in [0.1, 0.15) is 5.75 Å². The van der Waals surface area contributed by atoms with Crippen LogP contribution in [0.15, 0.2) is 18.2 Å². The van der Waals surface area contributed by atoms with Crippen LogP contribution in [-0.2, 0) is 6.18 Å². The molecule has 94 valence electrons. The number of hydrogen-bond acceptors (Lipinski definition) is 2. The highest BCUT2D eigenvalue weighted by Gasteiger charge is 2.35. The van der Waals surface area contributed by atoms with Crippen molar-refractivity contribution in [3.05, 3.63) is 29.3 Å². The Morgan fingerprint density at radius 1 is 1.29 bits per heavy atom. The maximum absolute atomic E-state index is 12.4. The number of Topliss-reactive ketones (excluding diaryl/α,β-unsaturated/α-hetero) is 1. The summed E-state index contributed by atoms with van der Waals surface area (Å²) in [6.45, 7) is -2.28. The first-order valence-electron chi connectivity index (χ1n) is 4.39. The lowest BCUT2D eigenvalue weighted by Crippen LogP contribution is -2.12. The number of hydrogen-bond donors (Lipinski definition) is 0. The van der Waals surface area contributed by atoms with E-state index in [1.54, 1.807) is 0 Å². The monoisotopic (exact) mass is 254 g/mol. The van der Waals surface area contributed by atoms with Crippen LogP contribution in [0.5, 0.6) is 5.75 Å². The van der Waals surface area contributed by atoms with Crippen molar-refractivity contribution in [3.8, 4) is 5.75 Å². The van der Waals surface area contributed by atoms with Crippen molar-refractivity contribution in [1.29, 1.82) is 0 Å². The molecule has 0 unspecified atom stereocenters. The number of benzene rings is 1. The average Bonchev–Trinajstić information content (AvgIpc) is 2.14. The molecule has 0 N–H and O–H groups in total. The summed E-state index contributed by atoms with van der Waals surface area (Å²) in [6.07, 6.45) is -4.82. The lowest BCUT2D eigenvalue weighted by molar-refractivity contribution is -0.141. The maximum atomic E-state index is 12.4. The van der Waals surface area contributed by atoms with Crippen LogP contribution in [0, 0.1) is 0 Å². The zero-order valence-electron chi connectivity index (χ0n) is 8.52. The van der Waals surface area contributed by atoms with Crippen LogP contribution in [0.4, 0.5) is 22.0 Å². The highest BCUT2D eigenvalue weighted by atomic mass is 19.4. The molecule has 1 aromatic rings. The molecule has 0 saturated heterocycles. The Morgan fingerprint density at radius 3 is 2.29 bits per heavy atom. The van der Waals surface area contributed by atoms with E-state index in [4.69, 9.17) is 0 Å². The summed E-state index contributed by atoms with van der Waals surface area (Å²) < 4.78 is 64.9. The molecule has 0 aliphatic carbocycles. The number of ketones is 1. The fourth-order valence-corrected chi connectivity index (χ4v) is 1.17. The van der Waals surface area contributed by atoms with E-state index in [2.05, 4.69) is 4.74 Å². The van der Waals surface area contributed by atoms with Gasteiger partial charge in [-0.05, 0) is 19.1 Å². The molecule has 0 aliphatic rings. The van der Waals surface area contributed by atoms with Crippen molar-refractivity contribution in [3.63, 3.8) is 0 Å². The minimum absolute atomic E-state index is 0.131. The molecular formula is C10H7F5O2. The van der Waals surface area contributed by atoms with Crippen molar-refractivity contribution in [2.45, 2.75) is 19.7 Å². The zero-order chi connectivity index (χ0) is 13.2. The second kappa shape index (κ2) is 4.68. The Hall–Kier alpha value is -1.66. The third-order valence-electron chi connectivity index (χ3n) is 1.91. The van der Waals surface area contributed by atoms with Gasteiger partial charge in [0.2, 0.25) is 0 Å². The maximum Gasteiger partial charge on any atom is 0.419 e. The van der Waals surface area contributed by atoms with E-state index < -0.39 is 29.9 Å². The van der Waals surface area contributed by atoms with Crippen molar-refractivity contribution in [2.24, 2.45) is 0 Å². The number of carbonyl (C=O) groups excluding carboxylic acids is 1. The minimum Gasteiger partial charge on any atom is -0.434 e. The largest absolute Gasteiger partial charge is 0.434 e. The Bertz CT molecular complexity index is 425. The Balaban J connectivity index is 3.26. The normalized spacial score (nSPS) is 11.7. The third-order valence-corrected chi connectivity index (χ3v) is 1.91. The number of halogens is 5. The predicted molar refractivity (Wildman–Crippen MR) is 48.1 cm³/mol. The molecule has 0 atom stereocenters. The van der Waals surface area contributed by atoms with Crippen LogP contribution in [0.1, 0.15) is 22.8 Å². The molecule has 1 rings (SSSR count). The number of rotatable bonds is 3. The van der Waals surface area contributed by atoms with Gasteiger partial charge < -0.3 is 4.74 Å². The highest BCUT2D eigenvalue weighted by Crippen LogP contribution is 2.37. The van der Waals surface area contributed by atoms with Gasteiger partial charge in [-0.1, -0.05) is 6.07 Å². The molecule has 0 spiro atoms. The molecule has 0 radical (unpaired) electrons. The fourth-order valence-electron chi connectivity index (χ4n) is 1.17. The van der Waals surface area contributed by atoms with E-state index in [1.807, 2.05) is 0 Å². The van der Waals surface area contributed by atoms with Crippen LogP contribution in [0.2, 0.25) is 0 Å². The number of ether oxygens (including phenoxy) is 1. The molecular weight excluding hydrogens is 247 g/mol. The van der Waals surface area contributed by atoms with Crippen molar-refractivity contribution < 1.29 is 31.5 Å². The van der Waals surface area contributed by atoms with Gasteiger partial charge in [0.05, 0.1) is 5.56 Å². The Morgan fingerprint density at radius 2 is 1.88 bits per heavy atom. The average molecular weight is 254 g/mol. The Kier molecular flexibility index (Phi) is 3.69. The molecule has 0 aliphatic heterocycles. The van der Waals surface area contributed by atoms with E-state index in [0.29, 0.717) is 12.1 Å². The van der Waals surface area contributed by atoms with Gasteiger partial charge >= 0.3 is 12.8 Å². The SMILES string of the molecule is CC(=O)c1ccc(C(F)(F)F)c(OC(F)F)c1. The topological polar surface area (TPSA) is 26.3 Å². The lowest BCUT2D eigenvalue weighted by Gasteiger charge is -2.13. The summed E-state index contributed by atoms with van der Waals surface area (Å²) >= 11 is 0. The molecule has 17 heavy (non-hydrogen) atoms. The van der Waals surface area contributed by atoms with Gasteiger partial charge in [0, 0.05) is 5.56 Å². The van der Waals surface area contributed by atoms with Crippen molar-refractivity contribution >= 4 is 5.78 Å². The predicted octanol–water partition coefficient (Wildman–Crippen LogP) is 3.51. The molecule has 7 heteroatoms. The first-order chi connectivity index (χ1) is 7.71. The summed E-state index contributed by atoms with van der Waals surface area (Å²) in [5.74, 6) is -1.60. The Labute approximate surface area is 93.0 Å². The summed E-state index contributed by atoms with van der Waals surface area (Å²) in [6, 6.07) is 2.09. The molecule has 0 heterocycles. The first-order valence-corrected chi connectivity index (χ1v) is 4.39. The third kappa shape index (κ3) is 3.40. The fraction of sp³-hybridized carbons (Fsp3) is 0.300. The molecule has 0 amide bonds. The van der Waals surface area contributed by atoms with E-state index >= 15 is 0 Å². The second-order valence-electron chi connectivity index (χ2n) is 3.14. The molecule has 0 bridgehead atoms. The van der Waals surface area contributed by atoms with Crippen LogP contribution in [-0.4, -0.2) is 12.4 Å². The summed E-state index contributed by atoms with van der Waals surface area (Å²) in [5.41, 5.74) is -1.48. The molecule has 1 aromatic carbocycles. The quantitative estimate of drug-likeness (QED) is 0.609. The van der Waals surface area contributed by atoms with E-state index in [1.165, 1.54) is 0 Å². The summed E-state index contributed by atoms with van der Waals surface area (Å²) in [7, 11) is 0. The lowest BCUT2D eigenvalue weighted by atomic mass is 10.1. The van der Waals surface area contributed by atoms with E-state index in [9.17, 15) is 26.7 Å². The second-order valence-corrected chi connectivity index (χ2v) is 3.14. The molecule has 0 saturated carbocycles. The van der Waals surface area contributed by atoms with Crippen molar-refractivity contribution in [2.75, 3.05) is 0 Å². The van der Waals surface area contributed by atoms with Crippen LogP contribution >= 0.6 is 0 Å². The van der Waals surface area contributed by atoms with Crippen LogP contribution in [0.25, 0.3) is 0 Å². The van der Waals surface area contributed by atoms with Crippen LogP contribution in [0.3, 0.4) is 0 Å². The first kappa shape index (κ1) is 13.4.